The number of rotatable bonds is 12. The molecule has 1 atom stereocenters. The molecule has 0 aromatic rings. The Kier molecular flexibility index (Phi) is 11.2. The summed E-state index contributed by atoms with van der Waals surface area (Å²) >= 11 is 0. The summed E-state index contributed by atoms with van der Waals surface area (Å²) < 4.78 is 5.18. The van der Waals surface area contributed by atoms with Gasteiger partial charge in [-0.05, 0) is 46.0 Å². The summed E-state index contributed by atoms with van der Waals surface area (Å²) in [4.78, 5) is 22.0. The highest BCUT2D eigenvalue weighted by atomic mass is 16.6. The summed E-state index contributed by atoms with van der Waals surface area (Å²) in [6, 6.07) is 0. The van der Waals surface area contributed by atoms with E-state index in [0.717, 1.165) is 44.9 Å². The van der Waals surface area contributed by atoms with Gasteiger partial charge in [-0.2, -0.15) is 0 Å². The average molecular weight is 327 g/mol. The van der Waals surface area contributed by atoms with Gasteiger partial charge in [0, 0.05) is 13.0 Å². The van der Waals surface area contributed by atoms with Crippen LogP contribution in [-0.2, 0) is 9.53 Å². The Labute approximate surface area is 140 Å². The van der Waals surface area contributed by atoms with Gasteiger partial charge in [0.2, 0.25) is 0 Å². The van der Waals surface area contributed by atoms with Gasteiger partial charge in [0.25, 0.3) is 0 Å². The van der Waals surface area contributed by atoms with Crippen molar-refractivity contribution in [2.24, 2.45) is 5.92 Å². The third-order valence-corrected chi connectivity index (χ3v) is 3.46. The number of amides is 1. The molecule has 1 unspecified atom stereocenters. The zero-order valence-electron chi connectivity index (χ0n) is 14.9. The van der Waals surface area contributed by atoms with E-state index in [-0.39, 0.29) is 12.5 Å². The summed E-state index contributed by atoms with van der Waals surface area (Å²) in [7, 11) is 0. The van der Waals surface area contributed by atoms with Crippen LogP contribution >= 0.6 is 0 Å². The fraction of sp³-hybridized carbons (Fsp3) is 0.778. The molecule has 0 aromatic carbocycles. The van der Waals surface area contributed by atoms with Gasteiger partial charge in [0.1, 0.15) is 5.60 Å². The van der Waals surface area contributed by atoms with E-state index >= 15 is 0 Å². The molecule has 0 rings (SSSR count). The van der Waals surface area contributed by atoms with E-state index in [9.17, 15) is 9.59 Å². The standard InChI is InChI=1S/C18H33NO4/c1-5-10-15(11-6-7-13-16(20)21)12-8-9-14-19-17(22)23-18(2,3)4/h5,15H,1,6-14H2,2-4H3,(H,19,22)(H,20,21). The number of allylic oxidation sites excluding steroid dienone is 1. The smallest absolute Gasteiger partial charge is 0.407 e. The molecular weight excluding hydrogens is 294 g/mol. The predicted molar refractivity (Wildman–Crippen MR) is 92.5 cm³/mol. The molecule has 2 N–H and O–H groups in total. The second-order valence-electron chi connectivity index (χ2n) is 6.95. The maximum atomic E-state index is 11.5. The lowest BCUT2D eigenvalue weighted by Gasteiger charge is -2.19. The molecular formula is C18H33NO4. The van der Waals surface area contributed by atoms with Crippen molar-refractivity contribution in [2.45, 2.75) is 77.7 Å². The number of carbonyl (C=O) groups is 2. The molecule has 0 aliphatic heterocycles. The molecule has 1 amide bonds. The van der Waals surface area contributed by atoms with E-state index in [1.165, 1.54) is 0 Å². The molecule has 5 nitrogen and oxygen atoms in total. The number of ether oxygens (including phenoxy) is 1. The molecule has 134 valence electrons. The normalized spacial score (nSPS) is 12.5. The lowest BCUT2D eigenvalue weighted by atomic mass is 9.92. The van der Waals surface area contributed by atoms with Crippen LogP contribution in [-0.4, -0.2) is 29.3 Å². The average Bonchev–Trinajstić information content (AvgIpc) is 2.40. The first-order valence-electron chi connectivity index (χ1n) is 8.54. The summed E-state index contributed by atoms with van der Waals surface area (Å²) in [5.74, 6) is -0.165. The van der Waals surface area contributed by atoms with Gasteiger partial charge >= 0.3 is 12.1 Å². The van der Waals surface area contributed by atoms with Gasteiger partial charge in [-0.15, -0.1) is 6.58 Å². The first-order chi connectivity index (χ1) is 10.7. The van der Waals surface area contributed by atoms with Crippen molar-refractivity contribution in [3.05, 3.63) is 12.7 Å². The molecule has 0 saturated carbocycles. The fourth-order valence-corrected chi connectivity index (χ4v) is 2.39. The maximum absolute atomic E-state index is 11.5. The van der Waals surface area contributed by atoms with Crippen LogP contribution in [0, 0.1) is 5.92 Å². The second-order valence-corrected chi connectivity index (χ2v) is 6.95. The van der Waals surface area contributed by atoms with Crippen molar-refractivity contribution in [2.75, 3.05) is 6.54 Å². The number of carboxylic acids is 1. The number of aliphatic carboxylic acids is 1. The highest BCUT2D eigenvalue weighted by molar-refractivity contribution is 5.67. The molecule has 0 bridgehead atoms. The van der Waals surface area contributed by atoms with Crippen molar-refractivity contribution >= 4 is 12.1 Å². The Bertz CT molecular complexity index is 361. The fourth-order valence-electron chi connectivity index (χ4n) is 2.39. The monoisotopic (exact) mass is 327 g/mol. The molecule has 0 aliphatic carbocycles. The summed E-state index contributed by atoms with van der Waals surface area (Å²) in [5.41, 5.74) is -0.463. The third-order valence-electron chi connectivity index (χ3n) is 3.46. The quantitative estimate of drug-likeness (QED) is 0.408. The molecule has 0 fully saturated rings. The highest BCUT2D eigenvalue weighted by Crippen LogP contribution is 2.20. The van der Waals surface area contributed by atoms with Gasteiger partial charge in [0.05, 0.1) is 0 Å². The van der Waals surface area contributed by atoms with Crippen LogP contribution in [0.25, 0.3) is 0 Å². The minimum absolute atomic E-state index is 0.251. The number of hydrogen-bond donors (Lipinski definition) is 2. The van der Waals surface area contributed by atoms with Gasteiger partial charge in [0.15, 0.2) is 0 Å². The molecule has 5 heteroatoms. The first kappa shape index (κ1) is 21.5. The molecule has 0 aliphatic rings. The molecule has 0 spiro atoms. The summed E-state index contributed by atoms with van der Waals surface area (Å²) in [5, 5.41) is 11.4. The van der Waals surface area contributed by atoms with Crippen LogP contribution in [0.5, 0.6) is 0 Å². The molecule has 0 heterocycles. The highest BCUT2D eigenvalue weighted by Gasteiger charge is 2.15. The molecule has 0 saturated heterocycles. The van der Waals surface area contributed by atoms with Crippen molar-refractivity contribution < 1.29 is 19.4 Å². The van der Waals surface area contributed by atoms with Crippen LogP contribution in [0.2, 0.25) is 0 Å². The van der Waals surface area contributed by atoms with E-state index in [1.807, 2.05) is 26.8 Å². The van der Waals surface area contributed by atoms with Crippen LogP contribution in [0.1, 0.15) is 72.1 Å². The number of hydrogen-bond acceptors (Lipinski definition) is 3. The van der Waals surface area contributed by atoms with E-state index in [1.54, 1.807) is 0 Å². The Morgan fingerprint density at radius 3 is 2.30 bits per heavy atom. The van der Waals surface area contributed by atoms with Gasteiger partial charge < -0.3 is 15.2 Å². The van der Waals surface area contributed by atoms with Gasteiger partial charge in [-0.25, -0.2) is 4.79 Å². The SMILES string of the molecule is C=CCC(CCCCNC(=O)OC(C)(C)C)CCCCC(=O)O. The third kappa shape index (κ3) is 15.2. The number of unbranched alkanes of at least 4 members (excludes halogenated alkanes) is 2. The van der Waals surface area contributed by atoms with Gasteiger partial charge in [-0.3, -0.25) is 4.79 Å². The molecule has 0 radical (unpaired) electrons. The second kappa shape index (κ2) is 12.0. The topological polar surface area (TPSA) is 75.6 Å². The van der Waals surface area contributed by atoms with E-state index in [4.69, 9.17) is 9.84 Å². The van der Waals surface area contributed by atoms with Crippen LogP contribution in [0.3, 0.4) is 0 Å². The Morgan fingerprint density at radius 2 is 1.78 bits per heavy atom. The zero-order chi connectivity index (χ0) is 17.7. The van der Waals surface area contributed by atoms with Crippen molar-refractivity contribution in [1.82, 2.24) is 5.32 Å². The number of carbonyl (C=O) groups excluding carboxylic acids is 1. The lowest BCUT2D eigenvalue weighted by molar-refractivity contribution is -0.137. The van der Waals surface area contributed by atoms with Crippen molar-refractivity contribution in [3.63, 3.8) is 0 Å². The predicted octanol–water partition coefficient (Wildman–Crippen LogP) is 4.52. The van der Waals surface area contributed by atoms with Gasteiger partial charge in [-0.1, -0.05) is 31.8 Å². The van der Waals surface area contributed by atoms with Crippen LogP contribution < -0.4 is 5.32 Å². The van der Waals surface area contributed by atoms with E-state index in [0.29, 0.717) is 12.5 Å². The number of alkyl carbamates (subject to hydrolysis) is 1. The van der Waals surface area contributed by atoms with Crippen LogP contribution in [0.15, 0.2) is 12.7 Å². The molecule has 0 aromatic heterocycles. The number of nitrogens with one attached hydrogen (secondary N) is 1. The maximum Gasteiger partial charge on any atom is 0.407 e. The Balaban J connectivity index is 3.77. The van der Waals surface area contributed by atoms with Crippen LogP contribution in [0.4, 0.5) is 4.79 Å². The summed E-state index contributed by atoms with van der Waals surface area (Å²) in [6.07, 6.45) is 8.54. The first-order valence-corrected chi connectivity index (χ1v) is 8.54. The van der Waals surface area contributed by atoms with Crippen molar-refractivity contribution in [1.29, 1.82) is 0 Å². The Morgan fingerprint density at radius 1 is 1.17 bits per heavy atom. The largest absolute Gasteiger partial charge is 0.481 e. The van der Waals surface area contributed by atoms with E-state index in [2.05, 4.69) is 11.9 Å². The number of carboxylic acid groups (broad SMARTS) is 1. The molecule has 23 heavy (non-hydrogen) atoms. The minimum Gasteiger partial charge on any atom is -0.481 e. The Hall–Kier alpha value is -1.52. The van der Waals surface area contributed by atoms with Crippen molar-refractivity contribution in [3.8, 4) is 0 Å². The summed E-state index contributed by atoms with van der Waals surface area (Å²) in [6.45, 7) is 9.94. The lowest BCUT2D eigenvalue weighted by Crippen LogP contribution is -2.33. The minimum atomic E-state index is -0.724. The van der Waals surface area contributed by atoms with E-state index < -0.39 is 11.6 Å². The zero-order valence-corrected chi connectivity index (χ0v) is 14.9.